The largest absolute Gasteiger partial charge is 0.340 e. The summed E-state index contributed by atoms with van der Waals surface area (Å²) in [4.78, 5) is 0. The third-order valence-corrected chi connectivity index (χ3v) is 4.70. The van der Waals surface area contributed by atoms with Crippen LogP contribution in [0, 0.1) is 0 Å². The van der Waals surface area contributed by atoms with Gasteiger partial charge < -0.3 is 14.9 Å². The molecule has 0 spiro atoms. The lowest BCUT2D eigenvalue weighted by atomic mass is 10.0. The summed E-state index contributed by atoms with van der Waals surface area (Å²) >= 11 is 0. The van der Waals surface area contributed by atoms with Crippen molar-refractivity contribution in [2.75, 3.05) is 0 Å². The van der Waals surface area contributed by atoms with Crippen LogP contribution >= 0.6 is 0 Å². The fourth-order valence-corrected chi connectivity index (χ4v) is 3.28. The van der Waals surface area contributed by atoms with Crippen molar-refractivity contribution >= 4 is 0 Å². The minimum atomic E-state index is -2.08. The summed E-state index contributed by atoms with van der Waals surface area (Å²) in [6.07, 6.45) is 21.4. The summed E-state index contributed by atoms with van der Waals surface area (Å²) in [5.74, 6) is -2.08. The van der Waals surface area contributed by atoms with Gasteiger partial charge in [0.25, 0.3) is 5.97 Å². The van der Waals surface area contributed by atoms with Gasteiger partial charge in [0, 0.05) is 6.08 Å². The molecule has 0 saturated carbocycles. The van der Waals surface area contributed by atoms with Gasteiger partial charge in [0.15, 0.2) is 0 Å². The SMILES string of the molecule is CCCCCCCCCCCC[C@H]1CCCC/C=C\C(O)(O)O1. The number of allylic oxidation sites excluding steroid dienone is 1. The summed E-state index contributed by atoms with van der Waals surface area (Å²) in [7, 11) is 0. The highest BCUT2D eigenvalue weighted by atomic mass is 16.8. The Labute approximate surface area is 143 Å². The Kier molecular flexibility index (Phi) is 11.7. The van der Waals surface area contributed by atoms with E-state index in [9.17, 15) is 10.2 Å². The van der Waals surface area contributed by atoms with Crippen molar-refractivity contribution < 1.29 is 14.9 Å². The maximum absolute atomic E-state index is 9.78. The Hall–Kier alpha value is -0.380. The highest BCUT2D eigenvalue weighted by Gasteiger charge is 2.25. The van der Waals surface area contributed by atoms with Crippen LogP contribution in [0.1, 0.15) is 103 Å². The van der Waals surface area contributed by atoms with E-state index in [-0.39, 0.29) is 6.10 Å². The fourth-order valence-electron chi connectivity index (χ4n) is 3.28. The fraction of sp³-hybridized carbons (Fsp3) is 0.900. The van der Waals surface area contributed by atoms with Gasteiger partial charge in [-0.1, -0.05) is 83.6 Å². The smallest absolute Gasteiger partial charge is 0.299 e. The third-order valence-electron chi connectivity index (χ3n) is 4.70. The first-order valence-corrected chi connectivity index (χ1v) is 9.94. The Morgan fingerprint density at radius 1 is 0.913 bits per heavy atom. The van der Waals surface area contributed by atoms with Crippen LogP contribution in [0.4, 0.5) is 0 Å². The topological polar surface area (TPSA) is 49.7 Å². The lowest BCUT2D eigenvalue weighted by Crippen LogP contribution is -2.34. The highest BCUT2D eigenvalue weighted by Crippen LogP contribution is 2.22. The van der Waals surface area contributed by atoms with E-state index in [4.69, 9.17) is 4.74 Å². The van der Waals surface area contributed by atoms with Crippen molar-refractivity contribution in [3.8, 4) is 0 Å². The van der Waals surface area contributed by atoms with Crippen LogP contribution in [0.15, 0.2) is 12.2 Å². The first kappa shape index (κ1) is 20.7. The Morgan fingerprint density at radius 2 is 1.52 bits per heavy atom. The molecule has 3 heteroatoms. The second-order valence-electron chi connectivity index (χ2n) is 7.06. The summed E-state index contributed by atoms with van der Waals surface area (Å²) < 4.78 is 5.47. The molecule has 3 nitrogen and oxygen atoms in total. The number of unbranched alkanes of at least 4 members (excludes halogenated alkanes) is 9. The first-order chi connectivity index (χ1) is 11.1. The van der Waals surface area contributed by atoms with Gasteiger partial charge in [-0.05, 0) is 25.7 Å². The molecule has 136 valence electrons. The molecule has 1 rings (SSSR count). The van der Waals surface area contributed by atoms with Crippen molar-refractivity contribution in [1.29, 1.82) is 0 Å². The molecule has 23 heavy (non-hydrogen) atoms. The van der Waals surface area contributed by atoms with E-state index in [1.54, 1.807) is 0 Å². The Bertz CT molecular complexity index is 299. The van der Waals surface area contributed by atoms with Crippen LogP contribution in [0.5, 0.6) is 0 Å². The lowest BCUT2D eigenvalue weighted by molar-refractivity contribution is -0.322. The molecule has 0 amide bonds. The predicted molar refractivity (Wildman–Crippen MR) is 96.1 cm³/mol. The molecule has 0 fully saturated rings. The summed E-state index contributed by atoms with van der Waals surface area (Å²) in [6, 6.07) is 0. The average Bonchev–Trinajstić information content (AvgIpc) is 2.59. The van der Waals surface area contributed by atoms with E-state index < -0.39 is 5.97 Å². The second kappa shape index (κ2) is 13.0. The van der Waals surface area contributed by atoms with Gasteiger partial charge in [-0.25, -0.2) is 0 Å². The van der Waals surface area contributed by atoms with Crippen LogP contribution in [-0.2, 0) is 4.74 Å². The van der Waals surface area contributed by atoms with Crippen molar-refractivity contribution in [3.05, 3.63) is 12.2 Å². The normalized spacial score (nSPS) is 23.0. The van der Waals surface area contributed by atoms with E-state index in [0.717, 1.165) is 38.5 Å². The minimum Gasteiger partial charge on any atom is -0.340 e. The zero-order valence-corrected chi connectivity index (χ0v) is 15.1. The van der Waals surface area contributed by atoms with Gasteiger partial charge in [0.05, 0.1) is 6.10 Å². The quantitative estimate of drug-likeness (QED) is 0.301. The Morgan fingerprint density at radius 3 is 2.17 bits per heavy atom. The lowest BCUT2D eigenvalue weighted by Gasteiger charge is -2.25. The average molecular weight is 327 g/mol. The molecule has 0 aromatic rings. The van der Waals surface area contributed by atoms with Crippen molar-refractivity contribution in [2.24, 2.45) is 0 Å². The predicted octanol–water partition coefficient (Wildman–Crippen LogP) is 5.45. The molecule has 1 heterocycles. The highest BCUT2D eigenvalue weighted by molar-refractivity contribution is 4.90. The van der Waals surface area contributed by atoms with Gasteiger partial charge in [0.2, 0.25) is 0 Å². The zero-order chi connectivity index (χ0) is 16.8. The summed E-state index contributed by atoms with van der Waals surface area (Å²) in [6.45, 7) is 2.26. The molecular formula is C20H38O3. The van der Waals surface area contributed by atoms with E-state index in [0.29, 0.717) is 0 Å². The maximum Gasteiger partial charge on any atom is 0.299 e. The summed E-state index contributed by atoms with van der Waals surface area (Å²) in [5, 5.41) is 19.6. The van der Waals surface area contributed by atoms with E-state index >= 15 is 0 Å². The van der Waals surface area contributed by atoms with Crippen molar-refractivity contribution in [1.82, 2.24) is 0 Å². The van der Waals surface area contributed by atoms with E-state index in [1.807, 2.05) is 6.08 Å². The molecule has 0 unspecified atom stereocenters. The number of hydrogen-bond acceptors (Lipinski definition) is 3. The maximum atomic E-state index is 9.78. The molecule has 0 aliphatic carbocycles. The molecule has 0 aromatic carbocycles. The van der Waals surface area contributed by atoms with Gasteiger partial charge in [0.1, 0.15) is 0 Å². The molecule has 0 saturated heterocycles. The molecule has 1 atom stereocenters. The van der Waals surface area contributed by atoms with Gasteiger partial charge >= 0.3 is 0 Å². The zero-order valence-electron chi connectivity index (χ0n) is 15.1. The number of hydrogen-bond donors (Lipinski definition) is 2. The molecular weight excluding hydrogens is 288 g/mol. The van der Waals surface area contributed by atoms with Crippen LogP contribution in [-0.4, -0.2) is 22.3 Å². The monoisotopic (exact) mass is 326 g/mol. The van der Waals surface area contributed by atoms with Crippen LogP contribution in [0.25, 0.3) is 0 Å². The van der Waals surface area contributed by atoms with Crippen LogP contribution < -0.4 is 0 Å². The number of aliphatic hydroxyl groups is 2. The molecule has 0 bridgehead atoms. The number of rotatable bonds is 11. The second-order valence-corrected chi connectivity index (χ2v) is 7.06. The van der Waals surface area contributed by atoms with Crippen LogP contribution in [0.3, 0.4) is 0 Å². The van der Waals surface area contributed by atoms with Crippen LogP contribution in [0.2, 0.25) is 0 Å². The molecule has 0 radical (unpaired) electrons. The number of ether oxygens (including phenoxy) is 1. The van der Waals surface area contributed by atoms with Crippen molar-refractivity contribution in [2.45, 2.75) is 115 Å². The van der Waals surface area contributed by atoms with Gasteiger partial charge in [-0.3, -0.25) is 0 Å². The first-order valence-electron chi connectivity index (χ1n) is 9.94. The Balaban J connectivity index is 2.04. The third kappa shape index (κ3) is 11.7. The van der Waals surface area contributed by atoms with E-state index in [1.165, 1.54) is 63.9 Å². The minimum absolute atomic E-state index is 0.0261. The molecule has 2 N–H and O–H groups in total. The van der Waals surface area contributed by atoms with Crippen molar-refractivity contribution in [3.63, 3.8) is 0 Å². The van der Waals surface area contributed by atoms with Gasteiger partial charge in [-0.2, -0.15) is 0 Å². The van der Waals surface area contributed by atoms with E-state index in [2.05, 4.69) is 6.92 Å². The molecule has 1 aliphatic rings. The molecule has 1 aliphatic heterocycles. The standard InChI is InChI=1S/C20H38O3/c1-2-3-4-5-6-7-8-9-10-13-16-19-17-14-11-12-15-18-20(21,22)23-19/h15,18-19,21-22H,2-14,16-17H2,1H3/b18-15-/t19-/m0/s1. The van der Waals surface area contributed by atoms with Gasteiger partial charge in [-0.15, -0.1) is 0 Å². The molecule has 0 aromatic heterocycles. The summed E-state index contributed by atoms with van der Waals surface area (Å²) in [5.41, 5.74) is 0.